The maximum atomic E-state index is 5.48. The highest BCUT2D eigenvalue weighted by Gasteiger charge is 2.19. The molecule has 1 aromatic rings. The quantitative estimate of drug-likeness (QED) is 0.733. The molecule has 4 nitrogen and oxygen atoms in total. The van der Waals surface area contributed by atoms with Crippen LogP contribution in [0.4, 0.5) is 5.82 Å². The van der Waals surface area contributed by atoms with Gasteiger partial charge in [-0.2, -0.15) is 0 Å². The summed E-state index contributed by atoms with van der Waals surface area (Å²) in [5, 5.41) is 0. The van der Waals surface area contributed by atoms with Gasteiger partial charge in [-0.3, -0.25) is 0 Å². The van der Waals surface area contributed by atoms with Crippen molar-refractivity contribution in [2.75, 3.05) is 24.6 Å². The second-order valence-electron chi connectivity index (χ2n) is 3.32. The van der Waals surface area contributed by atoms with Gasteiger partial charge in [0.25, 0.3) is 0 Å². The Labute approximate surface area is 96.8 Å². The highest BCUT2D eigenvalue weighted by atomic mass is 127. The van der Waals surface area contributed by atoms with Crippen molar-refractivity contribution in [2.24, 2.45) is 0 Å². The maximum Gasteiger partial charge on any atom is 0.145 e. The first kappa shape index (κ1) is 10.1. The number of rotatable bonds is 1. The molecule has 76 valence electrons. The third-order valence-electron chi connectivity index (χ3n) is 2.19. The number of ether oxygens (including phenoxy) is 1. The summed E-state index contributed by atoms with van der Waals surface area (Å²) in [7, 11) is 0. The fraction of sp³-hybridized carbons (Fsp3) is 0.556. The van der Waals surface area contributed by atoms with Gasteiger partial charge in [0.2, 0.25) is 0 Å². The Kier molecular flexibility index (Phi) is 3.17. The number of nitrogens with zero attached hydrogens (tertiary/aromatic N) is 3. The average molecular weight is 305 g/mol. The lowest BCUT2D eigenvalue weighted by Crippen LogP contribution is -2.41. The van der Waals surface area contributed by atoms with Crippen LogP contribution in [0.1, 0.15) is 6.92 Å². The molecular weight excluding hydrogens is 293 g/mol. The Bertz CT molecular complexity index is 321. The van der Waals surface area contributed by atoms with Crippen LogP contribution in [-0.2, 0) is 4.74 Å². The molecule has 14 heavy (non-hydrogen) atoms. The predicted octanol–water partition coefficient (Wildman–Crippen LogP) is 1.31. The number of morpholine rings is 1. The van der Waals surface area contributed by atoms with Crippen molar-refractivity contribution in [3.8, 4) is 0 Å². The van der Waals surface area contributed by atoms with E-state index in [1.807, 2.05) is 6.20 Å². The molecule has 0 amide bonds. The number of hydrogen-bond acceptors (Lipinski definition) is 4. The van der Waals surface area contributed by atoms with Gasteiger partial charge in [0.1, 0.15) is 12.1 Å². The number of anilines is 1. The summed E-state index contributed by atoms with van der Waals surface area (Å²) >= 11 is 2.26. The van der Waals surface area contributed by atoms with Gasteiger partial charge < -0.3 is 9.64 Å². The van der Waals surface area contributed by atoms with Crippen LogP contribution in [0.15, 0.2) is 12.5 Å². The van der Waals surface area contributed by atoms with E-state index in [0.29, 0.717) is 0 Å². The fourth-order valence-corrected chi connectivity index (χ4v) is 2.19. The summed E-state index contributed by atoms with van der Waals surface area (Å²) in [6.07, 6.45) is 3.72. The molecule has 1 aliphatic rings. The molecule has 1 aromatic heterocycles. The molecule has 1 unspecified atom stereocenters. The van der Waals surface area contributed by atoms with Crippen molar-refractivity contribution < 1.29 is 4.74 Å². The molecule has 0 bridgehead atoms. The summed E-state index contributed by atoms with van der Waals surface area (Å²) in [6.45, 7) is 4.69. The Balaban J connectivity index is 2.18. The van der Waals surface area contributed by atoms with Gasteiger partial charge in [-0.25, -0.2) is 9.97 Å². The molecule has 0 aliphatic carbocycles. The first-order valence-electron chi connectivity index (χ1n) is 4.59. The molecule has 2 rings (SSSR count). The lowest BCUT2D eigenvalue weighted by Gasteiger charge is -2.32. The minimum absolute atomic E-state index is 0.287. The largest absolute Gasteiger partial charge is 0.375 e. The molecule has 0 radical (unpaired) electrons. The van der Waals surface area contributed by atoms with Gasteiger partial charge in [0.15, 0.2) is 0 Å². The van der Waals surface area contributed by atoms with E-state index in [-0.39, 0.29) is 6.10 Å². The second-order valence-corrected chi connectivity index (χ2v) is 4.48. The zero-order chi connectivity index (χ0) is 9.97. The van der Waals surface area contributed by atoms with Crippen LogP contribution in [0.3, 0.4) is 0 Å². The van der Waals surface area contributed by atoms with E-state index in [1.54, 1.807) is 6.33 Å². The molecule has 0 N–H and O–H groups in total. The first-order valence-corrected chi connectivity index (χ1v) is 5.67. The zero-order valence-electron chi connectivity index (χ0n) is 7.98. The van der Waals surface area contributed by atoms with Crippen LogP contribution in [-0.4, -0.2) is 35.8 Å². The van der Waals surface area contributed by atoms with Crippen LogP contribution < -0.4 is 4.90 Å². The third-order valence-corrected chi connectivity index (χ3v) is 2.95. The molecule has 0 spiro atoms. The minimum Gasteiger partial charge on any atom is -0.375 e. The smallest absolute Gasteiger partial charge is 0.145 e. The van der Waals surface area contributed by atoms with Gasteiger partial charge in [-0.15, -0.1) is 0 Å². The van der Waals surface area contributed by atoms with Crippen molar-refractivity contribution in [1.29, 1.82) is 0 Å². The number of aromatic nitrogens is 2. The Hall–Kier alpha value is -0.430. The summed E-state index contributed by atoms with van der Waals surface area (Å²) in [5.74, 6) is 1.02. The molecule has 2 heterocycles. The summed E-state index contributed by atoms with van der Waals surface area (Å²) in [5.41, 5.74) is 0. The summed E-state index contributed by atoms with van der Waals surface area (Å²) in [4.78, 5) is 10.5. The first-order chi connectivity index (χ1) is 6.77. The van der Waals surface area contributed by atoms with Gasteiger partial charge in [-0.1, -0.05) is 0 Å². The molecule has 1 fully saturated rings. The molecule has 1 aliphatic heterocycles. The molecule has 0 saturated carbocycles. The maximum absolute atomic E-state index is 5.48. The Morgan fingerprint density at radius 1 is 1.64 bits per heavy atom. The highest BCUT2D eigenvalue weighted by molar-refractivity contribution is 14.1. The monoisotopic (exact) mass is 305 g/mol. The zero-order valence-corrected chi connectivity index (χ0v) is 10.1. The summed E-state index contributed by atoms with van der Waals surface area (Å²) in [6, 6.07) is 0. The Morgan fingerprint density at radius 3 is 3.21 bits per heavy atom. The van der Waals surface area contributed by atoms with Crippen LogP contribution in [0.2, 0.25) is 0 Å². The topological polar surface area (TPSA) is 38.2 Å². The lowest BCUT2D eigenvalue weighted by molar-refractivity contribution is 0.0529. The number of hydrogen-bond donors (Lipinski definition) is 0. The number of halogens is 1. The standard InChI is InChI=1S/C9H12IN3O/c1-7-5-13(2-3-14-7)9-8(10)4-11-6-12-9/h4,6-7H,2-3,5H2,1H3. The van der Waals surface area contributed by atoms with E-state index >= 15 is 0 Å². The molecular formula is C9H12IN3O. The van der Waals surface area contributed by atoms with Crippen LogP contribution in [0.25, 0.3) is 0 Å². The molecule has 5 heteroatoms. The predicted molar refractivity (Wildman–Crippen MR) is 62.4 cm³/mol. The van der Waals surface area contributed by atoms with E-state index in [1.165, 1.54) is 0 Å². The van der Waals surface area contributed by atoms with E-state index < -0.39 is 0 Å². The van der Waals surface area contributed by atoms with Gasteiger partial charge >= 0.3 is 0 Å². The minimum atomic E-state index is 0.287. The highest BCUT2D eigenvalue weighted by Crippen LogP contribution is 2.20. The van der Waals surface area contributed by atoms with Crippen LogP contribution in [0, 0.1) is 3.57 Å². The second kappa shape index (κ2) is 4.39. The van der Waals surface area contributed by atoms with Crippen molar-refractivity contribution in [3.63, 3.8) is 0 Å². The van der Waals surface area contributed by atoms with Crippen molar-refractivity contribution in [1.82, 2.24) is 9.97 Å². The lowest BCUT2D eigenvalue weighted by atomic mass is 10.3. The summed E-state index contributed by atoms with van der Waals surface area (Å²) < 4.78 is 6.58. The van der Waals surface area contributed by atoms with E-state index in [4.69, 9.17) is 4.74 Å². The molecule has 1 saturated heterocycles. The Morgan fingerprint density at radius 2 is 2.50 bits per heavy atom. The van der Waals surface area contributed by atoms with E-state index in [2.05, 4.69) is 44.4 Å². The van der Waals surface area contributed by atoms with Gasteiger partial charge in [0, 0.05) is 19.3 Å². The van der Waals surface area contributed by atoms with Crippen LogP contribution >= 0.6 is 22.6 Å². The van der Waals surface area contributed by atoms with Gasteiger partial charge in [0.05, 0.1) is 16.3 Å². The average Bonchev–Trinajstić information content (AvgIpc) is 2.18. The fourth-order valence-electron chi connectivity index (χ4n) is 1.55. The van der Waals surface area contributed by atoms with E-state index in [0.717, 1.165) is 29.1 Å². The van der Waals surface area contributed by atoms with Crippen LogP contribution in [0.5, 0.6) is 0 Å². The van der Waals surface area contributed by atoms with Crippen molar-refractivity contribution >= 4 is 28.4 Å². The molecule has 0 aromatic carbocycles. The molecule has 1 atom stereocenters. The normalized spacial score (nSPS) is 22.4. The SMILES string of the molecule is CC1CN(c2ncncc2I)CCO1. The van der Waals surface area contributed by atoms with Crippen molar-refractivity contribution in [2.45, 2.75) is 13.0 Å². The van der Waals surface area contributed by atoms with Gasteiger partial charge in [-0.05, 0) is 29.5 Å². The third kappa shape index (κ3) is 2.14. The van der Waals surface area contributed by atoms with Crippen molar-refractivity contribution in [3.05, 3.63) is 16.1 Å². The van der Waals surface area contributed by atoms with E-state index in [9.17, 15) is 0 Å².